The number of aromatic nitrogens is 1. The molecule has 0 radical (unpaired) electrons. The quantitative estimate of drug-likeness (QED) is 0.286. The van der Waals surface area contributed by atoms with E-state index in [2.05, 4.69) is 57.5 Å². The third-order valence-corrected chi connectivity index (χ3v) is 4.32. The Balaban J connectivity index is 3.21. The predicted octanol–water partition coefficient (Wildman–Crippen LogP) is 3.57. The molecular formula is C15H17Br3ClNO6. The highest BCUT2D eigenvalue weighted by atomic mass is 80.0. The zero-order valence-electron chi connectivity index (χ0n) is 14.0. The molecule has 0 aliphatic rings. The molecule has 0 spiro atoms. The average Bonchev–Trinajstić information content (AvgIpc) is 2.94. The molecule has 1 N–H and O–H groups in total. The lowest BCUT2D eigenvalue weighted by atomic mass is 10.0. The second kappa shape index (κ2) is 10.7. The minimum absolute atomic E-state index is 0.0315. The van der Waals surface area contributed by atoms with Gasteiger partial charge in [0.05, 0.1) is 26.5 Å². The predicted molar refractivity (Wildman–Crippen MR) is 106 cm³/mol. The largest absolute Gasteiger partial charge is 0.469 e. The van der Waals surface area contributed by atoms with Gasteiger partial charge >= 0.3 is 17.9 Å². The van der Waals surface area contributed by atoms with Crippen molar-refractivity contribution in [1.82, 2.24) is 4.98 Å². The van der Waals surface area contributed by atoms with Crippen molar-refractivity contribution in [2.45, 2.75) is 27.3 Å². The highest BCUT2D eigenvalue weighted by Crippen LogP contribution is 2.34. The van der Waals surface area contributed by atoms with Crippen LogP contribution in [0.3, 0.4) is 0 Å². The van der Waals surface area contributed by atoms with Crippen LogP contribution in [0, 0.1) is 0 Å². The maximum Gasteiger partial charge on any atom is 0.355 e. The Morgan fingerprint density at radius 3 is 2.19 bits per heavy atom. The third kappa shape index (κ3) is 7.21. The number of esters is 3. The van der Waals surface area contributed by atoms with Gasteiger partial charge < -0.3 is 19.2 Å². The first-order valence-electron chi connectivity index (χ1n) is 7.29. The molecule has 0 unspecified atom stereocenters. The van der Waals surface area contributed by atoms with Crippen LogP contribution >= 0.6 is 59.4 Å². The molecule has 0 saturated carbocycles. The highest BCUT2D eigenvalue weighted by Gasteiger charge is 2.27. The Morgan fingerprint density at radius 2 is 1.69 bits per heavy atom. The summed E-state index contributed by atoms with van der Waals surface area (Å²) in [5.41, 5.74) is 1.63. The van der Waals surface area contributed by atoms with Gasteiger partial charge in [-0.2, -0.15) is 0 Å². The molecular weight excluding hydrogens is 565 g/mol. The number of hydrogen-bond donors (Lipinski definition) is 1. The number of ether oxygens (including phenoxy) is 3. The molecule has 0 aliphatic carbocycles. The number of aromatic amines is 1. The Morgan fingerprint density at radius 1 is 1.08 bits per heavy atom. The third-order valence-electron chi connectivity index (χ3n) is 3.37. The lowest BCUT2D eigenvalue weighted by Crippen LogP contribution is -2.18. The summed E-state index contributed by atoms with van der Waals surface area (Å²) < 4.78 is 13.8. The Hall–Kier alpha value is -0.580. The molecule has 1 heterocycles. The molecule has 0 aliphatic heterocycles. The molecule has 0 atom stereocenters. The van der Waals surface area contributed by atoms with Gasteiger partial charge in [0.15, 0.2) is 2.14 Å². The van der Waals surface area contributed by atoms with Gasteiger partial charge in [0, 0.05) is 12.1 Å². The summed E-state index contributed by atoms with van der Waals surface area (Å²) in [5, 5.41) is 0. The van der Waals surface area contributed by atoms with Crippen molar-refractivity contribution in [2.24, 2.45) is 0 Å². The number of halogens is 4. The number of methoxy groups -OCH3 is 2. The van der Waals surface area contributed by atoms with Crippen LogP contribution in [-0.4, -0.2) is 45.9 Å². The Kier molecular flexibility index (Phi) is 9.63. The van der Waals surface area contributed by atoms with Crippen LogP contribution < -0.4 is 0 Å². The van der Waals surface area contributed by atoms with Gasteiger partial charge in [0.25, 0.3) is 0 Å². The van der Waals surface area contributed by atoms with Crippen molar-refractivity contribution in [3.05, 3.63) is 22.5 Å². The van der Waals surface area contributed by atoms with Crippen LogP contribution in [0.25, 0.3) is 0 Å². The van der Waals surface area contributed by atoms with Gasteiger partial charge in [-0.15, -0.1) is 11.6 Å². The fraction of sp³-hybridized carbons (Fsp3) is 0.533. The standard InChI is InChI=1S/C15H17Br3ClNO6/c1-24-11(21)4-3-8-9(5-12(22)25-2)13(20-10(8)6-19)14(23)26-7-15(16,17)18/h20H,3-7H2,1-2H3. The number of alkyl halides is 4. The highest BCUT2D eigenvalue weighted by molar-refractivity contribution is 9.39. The smallest absolute Gasteiger partial charge is 0.355 e. The number of rotatable bonds is 8. The van der Waals surface area contributed by atoms with E-state index in [-0.39, 0.29) is 37.4 Å². The van der Waals surface area contributed by atoms with E-state index in [1.54, 1.807) is 0 Å². The SMILES string of the molecule is COC(=O)CCc1c(CCl)[nH]c(C(=O)OCC(Br)(Br)Br)c1CC(=O)OC. The van der Waals surface area contributed by atoms with Crippen molar-refractivity contribution >= 4 is 77.3 Å². The van der Waals surface area contributed by atoms with Gasteiger partial charge in [-0.05, 0) is 17.5 Å². The van der Waals surface area contributed by atoms with Crippen LogP contribution in [0.15, 0.2) is 0 Å². The minimum atomic E-state index is -0.763. The first kappa shape index (κ1) is 23.5. The Labute approximate surface area is 180 Å². The maximum absolute atomic E-state index is 12.5. The minimum Gasteiger partial charge on any atom is -0.469 e. The van der Waals surface area contributed by atoms with E-state index in [1.807, 2.05) is 0 Å². The van der Waals surface area contributed by atoms with Crippen LogP contribution in [0.2, 0.25) is 0 Å². The molecule has 26 heavy (non-hydrogen) atoms. The van der Waals surface area contributed by atoms with Gasteiger partial charge in [-0.1, -0.05) is 47.8 Å². The molecule has 1 aromatic heterocycles. The topological polar surface area (TPSA) is 94.7 Å². The molecule has 0 fully saturated rings. The summed E-state index contributed by atoms with van der Waals surface area (Å²) in [6.45, 7) is -0.0315. The zero-order chi connectivity index (χ0) is 19.9. The number of nitrogens with one attached hydrogen (secondary N) is 1. The molecule has 0 amide bonds. The molecule has 0 bridgehead atoms. The van der Waals surface area contributed by atoms with E-state index in [0.29, 0.717) is 16.8 Å². The van der Waals surface area contributed by atoms with Crippen LogP contribution in [0.1, 0.15) is 33.7 Å². The van der Waals surface area contributed by atoms with E-state index in [0.717, 1.165) is 0 Å². The van der Waals surface area contributed by atoms with Gasteiger partial charge in [0.2, 0.25) is 0 Å². The van der Waals surface area contributed by atoms with Crippen LogP contribution in [-0.2, 0) is 42.5 Å². The second-order valence-corrected chi connectivity index (χ2v) is 12.6. The van der Waals surface area contributed by atoms with E-state index >= 15 is 0 Å². The monoisotopic (exact) mass is 579 g/mol. The lowest BCUT2D eigenvalue weighted by molar-refractivity contribution is -0.141. The summed E-state index contributed by atoms with van der Waals surface area (Å²) in [4.78, 5) is 38.6. The fourth-order valence-electron chi connectivity index (χ4n) is 2.19. The summed E-state index contributed by atoms with van der Waals surface area (Å²) in [5.74, 6) is -1.55. The summed E-state index contributed by atoms with van der Waals surface area (Å²) in [6, 6.07) is 0. The average molecular weight is 582 g/mol. The normalized spacial score (nSPS) is 11.2. The fourth-order valence-corrected chi connectivity index (χ4v) is 2.76. The van der Waals surface area contributed by atoms with Crippen molar-refractivity contribution in [1.29, 1.82) is 0 Å². The molecule has 0 saturated heterocycles. The number of hydrogen-bond acceptors (Lipinski definition) is 6. The van der Waals surface area contributed by atoms with Crippen LogP contribution in [0.4, 0.5) is 0 Å². The number of carbonyl (C=O) groups excluding carboxylic acids is 3. The lowest BCUT2D eigenvalue weighted by Gasteiger charge is -2.12. The van der Waals surface area contributed by atoms with E-state index in [9.17, 15) is 14.4 Å². The van der Waals surface area contributed by atoms with Gasteiger partial charge in [-0.3, -0.25) is 9.59 Å². The van der Waals surface area contributed by atoms with Crippen LogP contribution in [0.5, 0.6) is 0 Å². The molecule has 11 heteroatoms. The van der Waals surface area contributed by atoms with Crippen molar-refractivity contribution in [2.75, 3.05) is 20.8 Å². The van der Waals surface area contributed by atoms with Crippen molar-refractivity contribution in [3.63, 3.8) is 0 Å². The zero-order valence-corrected chi connectivity index (χ0v) is 19.5. The first-order chi connectivity index (χ1) is 12.1. The van der Waals surface area contributed by atoms with E-state index < -0.39 is 20.1 Å². The summed E-state index contributed by atoms with van der Waals surface area (Å²) in [6.07, 6.45) is 0.172. The summed E-state index contributed by atoms with van der Waals surface area (Å²) in [7, 11) is 2.53. The van der Waals surface area contributed by atoms with Crippen molar-refractivity contribution in [3.8, 4) is 0 Å². The Bertz CT molecular complexity index is 671. The molecule has 1 rings (SSSR count). The summed E-state index contributed by atoms with van der Waals surface area (Å²) >= 11 is 15.6. The first-order valence-corrected chi connectivity index (χ1v) is 10.2. The van der Waals surface area contributed by atoms with E-state index in [4.69, 9.17) is 21.1 Å². The van der Waals surface area contributed by atoms with E-state index in [1.165, 1.54) is 14.2 Å². The second-order valence-electron chi connectivity index (χ2n) is 5.09. The molecule has 7 nitrogen and oxygen atoms in total. The molecule has 1 aromatic rings. The number of carbonyl (C=O) groups is 3. The maximum atomic E-state index is 12.5. The molecule has 146 valence electrons. The van der Waals surface area contributed by atoms with Gasteiger partial charge in [0.1, 0.15) is 12.3 Å². The van der Waals surface area contributed by atoms with Gasteiger partial charge in [-0.25, -0.2) is 4.79 Å². The number of H-pyrrole nitrogens is 1. The van der Waals surface area contributed by atoms with Crippen molar-refractivity contribution < 1.29 is 28.6 Å². The molecule has 0 aromatic carbocycles.